The summed E-state index contributed by atoms with van der Waals surface area (Å²) >= 11 is 3.50. The highest BCUT2D eigenvalue weighted by Crippen LogP contribution is 2.37. The number of methoxy groups -OCH3 is 1. The number of carbonyl (C=O) groups excluding carboxylic acids is 1. The minimum Gasteiger partial charge on any atom is -0.464 e. The molecule has 98 valence electrons. The fourth-order valence-electron chi connectivity index (χ4n) is 2.51. The van der Waals surface area contributed by atoms with Crippen LogP contribution in [0.25, 0.3) is 11.3 Å². The van der Waals surface area contributed by atoms with Crippen LogP contribution in [-0.4, -0.2) is 22.9 Å². The van der Waals surface area contributed by atoms with E-state index in [4.69, 9.17) is 4.74 Å². The number of esters is 1. The predicted molar refractivity (Wildman–Crippen MR) is 75.1 cm³/mol. The van der Waals surface area contributed by atoms with Crippen molar-refractivity contribution < 1.29 is 9.53 Å². The first-order valence-corrected chi connectivity index (χ1v) is 6.85. The number of rotatable bonds is 1. The Labute approximate surface area is 119 Å². The molecule has 1 aromatic heterocycles. The molecule has 0 radical (unpaired) electrons. The lowest BCUT2D eigenvalue weighted by atomic mass is 9.91. The SMILES string of the molecule is COC(=O)c1cc2n(n1)CC(C)c1cc(Br)ccc1-2. The molecule has 0 saturated carbocycles. The molecule has 1 aliphatic heterocycles. The quantitative estimate of drug-likeness (QED) is 0.758. The Morgan fingerprint density at radius 1 is 1.47 bits per heavy atom. The van der Waals surface area contributed by atoms with Gasteiger partial charge in [0, 0.05) is 22.5 Å². The predicted octanol–water partition coefficient (Wildman–Crippen LogP) is 3.22. The minimum atomic E-state index is -0.395. The summed E-state index contributed by atoms with van der Waals surface area (Å²) in [6, 6.07) is 7.99. The second-order valence-electron chi connectivity index (χ2n) is 4.72. The molecule has 0 saturated heterocycles. The third kappa shape index (κ3) is 1.98. The Hall–Kier alpha value is -1.62. The van der Waals surface area contributed by atoms with E-state index in [0.717, 1.165) is 22.3 Å². The molecule has 0 spiro atoms. The Morgan fingerprint density at radius 2 is 2.26 bits per heavy atom. The molecule has 0 fully saturated rings. The van der Waals surface area contributed by atoms with Crippen molar-refractivity contribution in [3.63, 3.8) is 0 Å². The summed E-state index contributed by atoms with van der Waals surface area (Å²) in [4.78, 5) is 11.6. The lowest BCUT2D eigenvalue weighted by molar-refractivity contribution is 0.0593. The molecule has 0 N–H and O–H groups in total. The molecule has 1 unspecified atom stereocenters. The first-order chi connectivity index (χ1) is 9.10. The van der Waals surface area contributed by atoms with Crippen LogP contribution in [0.5, 0.6) is 0 Å². The molecule has 2 heterocycles. The van der Waals surface area contributed by atoms with Gasteiger partial charge in [0.05, 0.1) is 12.8 Å². The van der Waals surface area contributed by atoms with E-state index < -0.39 is 5.97 Å². The number of halogens is 1. The maximum atomic E-state index is 11.6. The first-order valence-electron chi connectivity index (χ1n) is 6.06. The Bertz CT molecular complexity index is 663. The highest BCUT2D eigenvalue weighted by molar-refractivity contribution is 9.10. The number of carbonyl (C=O) groups is 1. The smallest absolute Gasteiger partial charge is 0.358 e. The highest BCUT2D eigenvalue weighted by Gasteiger charge is 2.25. The van der Waals surface area contributed by atoms with Crippen molar-refractivity contribution in [1.29, 1.82) is 0 Å². The molecule has 5 heteroatoms. The summed E-state index contributed by atoms with van der Waals surface area (Å²) < 4.78 is 7.68. The molecule has 0 amide bonds. The van der Waals surface area contributed by atoms with Gasteiger partial charge in [0.2, 0.25) is 0 Å². The molecule has 1 aromatic carbocycles. The zero-order valence-corrected chi connectivity index (χ0v) is 12.3. The van der Waals surface area contributed by atoms with E-state index in [-0.39, 0.29) is 0 Å². The molecule has 19 heavy (non-hydrogen) atoms. The van der Waals surface area contributed by atoms with Crippen molar-refractivity contribution in [1.82, 2.24) is 9.78 Å². The van der Waals surface area contributed by atoms with Crippen LogP contribution in [0.3, 0.4) is 0 Å². The molecule has 1 aliphatic rings. The number of aromatic nitrogens is 2. The van der Waals surface area contributed by atoms with Gasteiger partial charge in [0.1, 0.15) is 0 Å². The third-order valence-corrected chi connectivity index (χ3v) is 3.94. The number of nitrogens with zero attached hydrogens (tertiary/aromatic N) is 2. The fourth-order valence-corrected chi connectivity index (χ4v) is 2.89. The van der Waals surface area contributed by atoms with Crippen LogP contribution in [0.1, 0.15) is 28.9 Å². The first kappa shape index (κ1) is 12.4. The Morgan fingerprint density at radius 3 is 3.00 bits per heavy atom. The maximum Gasteiger partial charge on any atom is 0.358 e. The second kappa shape index (κ2) is 4.49. The van der Waals surface area contributed by atoms with Gasteiger partial charge in [0.25, 0.3) is 0 Å². The van der Waals surface area contributed by atoms with Crippen molar-refractivity contribution >= 4 is 21.9 Å². The van der Waals surface area contributed by atoms with Gasteiger partial charge in [-0.15, -0.1) is 0 Å². The van der Waals surface area contributed by atoms with Gasteiger partial charge in [-0.25, -0.2) is 4.79 Å². The van der Waals surface area contributed by atoms with Crippen molar-refractivity contribution in [2.45, 2.75) is 19.4 Å². The van der Waals surface area contributed by atoms with Crippen LogP contribution in [0, 0.1) is 0 Å². The minimum absolute atomic E-state index is 0.362. The summed E-state index contributed by atoms with van der Waals surface area (Å²) in [6.07, 6.45) is 0. The van der Waals surface area contributed by atoms with Gasteiger partial charge in [-0.1, -0.05) is 28.9 Å². The second-order valence-corrected chi connectivity index (χ2v) is 5.64. The van der Waals surface area contributed by atoms with Gasteiger partial charge in [-0.3, -0.25) is 4.68 Å². The van der Waals surface area contributed by atoms with E-state index in [1.54, 1.807) is 6.07 Å². The number of ether oxygens (including phenoxy) is 1. The van der Waals surface area contributed by atoms with Crippen LogP contribution >= 0.6 is 15.9 Å². The standard InChI is InChI=1S/C14H13BrN2O2/c1-8-7-17-13(6-12(16-17)14(18)19-2)10-4-3-9(15)5-11(8)10/h3-6,8H,7H2,1-2H3. The molecule has 4 nitrogen and oxygen atoms in total. The molecule has 0 aliphatic carbocycles. The third-order valence-electron chi connectivity index (χ3n) is 3.44. The molecule has 0 bridgehead atoms. The largest absolute Gasteiger partial charge is 0.464 e. The van der Waals surface area contributed by atoms with Crippen LogP contribution in [-0.2, 0) is 11.3 Å². The normalized spacial score (nSPS) is 16.7. The Kier molecular flexibility index (Phi) is 2.93. The number of fused-ring (bicyclic) bond motifs is 3. The molecular weight excluding hydrogens is 308 g/mol. The van der Waals surface area contributed by atoms with Gasteiger partial charge >= 0.3 is 5.97 Å². The van der Waals surface area contributed by atoms with Crippen LogP contribution in [0.15, 0.2) is 28.7 Å². The lowest BCUT2D eigenvalue weighted by Crippen LogP contribution is -2.16. The topological polar surface area (TPSA) is 44.1 Å². The number of benzene rings is 1. The monoisotopic (exact) mass is 320 g/mol. The highest BCUT2D eigenvalue weighted by atomic mass is 79.9. The molecule has 3 rings (SSSR count). The van der Waals surface area contributed by atoms with Crippen LogP contribution < -0.4 is 0 Å². The molecule has 2 aromatic rings. The maximum absolute atomic E-state index is 11.6. The summed E-state index contributed by atoms with van der Waals surface area (Å²) in [7, 11) is 1.37. The van der Waals surface area contributed by atoms with Gasteiger partial charge < -0.3 is 4.74 Å². The van der Waals surface area contributed by atoms with E-state index in [9.17, 15) is 4.79 Å². The van der Waals surface area contributed by atoms with E-state index in [1.807, 2.05) is 10.7 Å². The van der Waals surface area contributed by atoms with Crippen molar-refractivity contribution in [2.75, 3.05) is 7.11 Å². The summed E-state index contributed by atoms with van der Waals surface area (Å²) in [5.41, 5.74) is 3.74. The van der Waals surface area contributed by atoms with E-state index in [1.165, 1.54) is 12.7 Å². The van der Waals surface area contributed by atoms with E-state index >= 15 is 0 Å². The molecule has 1 atom stereocenters. The van der Waals surface area contributed by atoms with Gasteiger partial charge in [-0.05, 0) is 23.8 Å². The summed E-state index contributed by atoms with van der Waals surface area (Å²) in [5, 5.41) is 4.32. The van der Waals surface area contributed by atoms with Gasteiger partial charge in [-0.2, -0.15) is 5.10 Å². The van der Waals surface area contributed by atoms with Crippen LogP contribution in [0.4, 0.5) is 0 Å². The zero-order valence-electron chi connectivity index (χ0n) is 10.7. The Balaban J connectivity index is 2.16. The number of hydrogen-bond donors (Lipinski definition) is 0. The fraction of sp³-hybridized carbons (Fsp3) is 0.286. The average molecular weight is 321 g/mol. The zero-order chi connectivity index (χ0) is 13.6. The summed E-state index contributed by atoms with van der Waals surface area (Å²) in [5.74, 6) is -0.0291. The average Bonchev–Trinajstić information content (AvgIpc) is 2.82. The van der Waals surface area contributed by atoms with Crippen molar-refractivity contribution in [3.8, 4) is 11.3 Å². The van der Waals surface area contributed by atoms with E-state index in [0.29, 0.717) is 11.6 Å². The van der Waals surface area contributed by atoms with Crippen LogP contribution in [0.2, 0.25) is 0 Å². The van der Waals surface area contributed by atoms with Crippen molar-refractivity contribution in [3.05, 3.63) is 40.0 Å². The van der Waals surface area contributed by atoms with Crippen molar-refractivity contribution in [2.24, 2.45) is 0 Å². The van der Waals surface area contributed by atoms with Gasteiger partial charge in [0.15, 0.2) is 5.69 Å². The lowest BCUT2D eigenvalue weighted by Gasteiger charge is -2.24. The van der Waals surface area contributed by atoms with E-state index in [2.05, 4.69) is 40.1 Å². The number of hydrogen-bond acceptors (Lipinski definition) is 3. The molecular formula is C14H13BrN2O2. The summed E-state index contributed by atoms with van der Waals surface area (Å²) in [6.45, 7) is 2.93.